The molecule has 0 saturated carbocycles. The molecule has 1 unspecified atom stereocenters. The molecule has 0 N–H and O–H groups in total. The second kappa shape index (κ2) is 7.99. The van der Waals surface area contributed by atoms with Crippen LogP contribution in [0.15, 0.2) is 12.3 Å². The van der Waals surface area contributed by atoms with E-state index >= 15 is 0 Å². The first-order valence-electron chi connectivity index (χ1n) is 4.10. The lowest BCUT2D eigenvalue weighted by Gasteiger charge is -2.11. The number of allylic oxidation sites excluding steroid dienone is 1. The van der Waals surface area contributed by atoms with Gasteiger partial charge in [0.05, 0.1) is 12.9 Å². The number of hydrogen-bond acceptors (Lipinski definition) is 2. The van der Waals surface area contributed by atoms with Gasteiger partial charge in [0.25, 0.3) is 0 Å². The maximum Gasteiger partial charge on any atom is 0.0991 e. The first-order chi connectivity index (χ1) is 5.35. The molecule has 0 rings (SSSR count). The monoisotopic (exact) mass is 174 g/mol. The molecule has 0 aromatic rings. The molecule has 0 spiro atoms. The molecule has 0 aliphatic rings. The van der Waals surface area contributed by atoms with Crippen molar-refractivity contribution in [2.45, 2.75) is 31.9 Å². The maximum atomic E-state index is 5.29. The maximum absolute atomic E-state index is 5.29. The average Bonchev–Trinajstić information content (AvgIpc) is 2.03. The minimum Gasteiger partial charge on any atom is -0.500 e. The fraction of sp³-hybridized carbons (Fsp3) is 0.778. The molecule has 0 aromatic heterocycles. The summed E-state index contributed by atoms with van der Waals surface area (Å²) >= 11 is 1.89. The van der Waals surface area contributed by atoms with Crippen LogP contribution < -0.4 is 0 Å². The van der Waals surface area contributed by atoms with Crippen molar-refractivity contribution in [3.05, 3.63) is 12.3 Å². The molecule has 0 aliphatic heterocycles. The van der Waals surface area contributed by atoms with Gasteiger partial charge in [0, 0.05) is 5.25 Å². The molecule has 0 heterocycles. The SMILES string of the molecule is CC=COCC(CCC)SC. The van der Waals surface area contributed by atoms with Crippen molar-refractivity contribution in [3.8, 4) is 0 Å². The highest BCUT2D eigenvalue weighted by atomic mass is 32.2. The third-order valence-electron chi connectivity index (χ3n) is 1.46. The minimum atomic E-state index is 0.663. The van der Waals surface area contributed by atoms with Crippen molar-refractivity contribution < 1.29 is 4.74 Å². The molecule has 1 nitrogen and oxygen atoms in total. The molecule has 1 atom stereocenters. The first-order valence-corrected chi connectivity index (χ1v) is 5.39. The van der Waals surface area contributed by atoms with Crippen LogP contribution in [0.3, 0.4) is 0 Å². The number of thioether (sulfide) groups is 1. The van der Waals surface area contributed by atoms with Crippen LogP contribution >= 0.6 is 11.8 Å². The van der Waals surface area contributed by atoms with Gasteiger partial charge in [-0.3, -0.25) is 0 Å². The Morgan fingerprint density at radius 3 is 2.73 bits per heavy atom. The molecular weight excluding hydrogens is 156 g/mol. The zero-order valence-corrected chi connectivity index (χ0v) is 8.49. The van der Waals surface area contributed by atoms with Gasteiger partial charge in [-0.1, -0.05) is 19.4 Å². The lowest BCUT2D eigenvalue weighted by molar-refractivity contribution is 0.246. The van der Waals surface area contributed by atoms with Gasteiger partial charge in [-0.15, -0.1) is 0 Å². The van der Waals surface area contributed by atoms with Gasteiger partial charge in [0.1, 0.15) is 0 Å². The third-order valence-corrected chi connectivity index (χ3v) is 2.50. The standard InChI is InChI=1S/C9H18OS/c1-4-6-9(11-3)8-10-7-5-2/h5,7,9H,4,6,8H2,1-3H3. The van der Waals surface area contributed by atoms with E-state index in [0.717, 1.165) is 6.61 Å². The molecule has 66 valence electrons. The van der Waals surface area contributed by atoms with Gasteiger partial charge in [-0.25, -0.2) is 0 Å². The van der Waals surface area contributed by atoms with Crippen LogP contribution in [0.25, 0.3) is 0 Å². The van der Waals surface area contributed by atoms with Gasteiger partial charge >= 0.3 is 0 Å². The van der Waals surface area contributed by atoms with E-state index in [1.54, 1.807) is 6.26 Å². The zero-order valence-electron chi connectivity index (χ0n) is 7.67. The number of hydrogen-bond donors (Lipinski definition) is 0. The summed E-state index contributed by atoms with van der Waals surface area (Å²) in [5.74, 6) is 0. The highest BCUT2D eigenvalue weighted by molar-refractivity contribution is 7.99. The molecule has 0 aliphatic carbocycles. The predicted octanol–water partition coefficient (Wildman–Crippen LogP) is 3.07. The molecule has 0 bridgehead atoms. The molecule has 11 heavy (non-hydrogen) atoms. The van der Waals surface area contributed by atoms with Crippen molar-refractivity contribution in [1.82, 2.24) is 0 Å². The largest absolute Gasteiger partial charge is 0.500 e. The van der Waals surface area contributed by atoms with E-state index in [1.807, 2.05) is 24.8 Å². The molecule has 0 saturated heterocycles. The molecular formula is C9H18OS. The highest BCUT2D eigenvalue weighted by Gasteiger charge is 2.03. The number of rotatable bonds is 6. The fourth-order valence-corrected chi connectivity index (χ4v) is 1.54. The zero-order chi connectivity index (χ0) is 8.53. The summed E-state index contributed by atoms with van der Waals surface area (Å²) in [6.45, 7) is 5.02. The third kappa shape index (κ3) is 6.29. The van der Waals surface area contributed by atoms with Crippen molar-refractivity contribution >= 4 is 11.8 Å². The van der Waals surface area contributed by atoms with Crippen molar-refractivity contribution in [1.29, 1.82) is 0 Å². The van der Waals surface area contributed by atoms with E-state index in [9.17, 15) is 0 Å². The van der Waals surface area contributed by atoms with E-state index in [1.165, 1.54) is 12.8 Å². The summed E-state index contributed by atoms with van der Waals surface area (Å²) in [6.07, 6.45) is 8.31. The van der Waals surface area contributed by atoms with E-state index in [0.29, 0.717) is 5.25 Å². The topological polar surface area (TPSA) is 9.23 Å². The van der Waals surface area contributed by atoms with Gasteiger partial charge in [0.2, 0.25) is 0 Å². The van der Waals surface area contributed by atoms with Crippen LogP contribution in [0.2, 0.25) is 0 Å². The summed E-state index contributed by atoms with van der Waals surface area (Å²) in [4.78, 5) is 0. The van der Waals surface area contributed by atoms with Gasteiger partial charge < -0.3 is 4.74 Å². The lowest BCUT2D eigenvalue weighted by atomic mass is 10.2. The Kier molecular flexibility index (Phi) is 7.91. The van der Waals surface area contributed by atoms with Gasteiger partial charge in [-0.05, 0) is 19.6 Å². The van der Waals surface area contributed by atoms with Crippen LogP contribution in [-0.2, 0) is 4.74 Å². The van der Waals surface area contributed by atoms with Crippen LogP contribution in [0, 0.1) is 0 Å². The van der Waals surface area contributed by atoms with E-state index < -0.39 is 0 Å². The molecule has 0 fully saturated rings. The smallest absolute Gasteiger partial charge is 0.0991 e. The summed E-state index contributed by atoms with van der Waals surface area (Å²) in [7, 11) is 0. The normalized spacial score (nSPS) is 13.7. The summed E-state index contributed by atoms with van der Waals surface area (Å²) in [5.41, 5.74) is 0. The highest BCUT2D eigenvalue weighted by Crippen LogP contribution is 2.12. The van der Waals surface area contributed by atoms with E-state index in [2.05, 4.69) is 13.2 Å². The summed E-state index contributed by atoms with van der Waals surface area (Å²) < 4.78 is 5.29. The van der Waals surface area contributed by atoms with Crippen LogP contribution in [0.4, 0.5) is 0 Å². The molecule has 0 radical (unpaired) electrons. The lowest BCUT2D eigenvalue weighted by Crippen LogP contribution is -2.08. The minimum absolute atomic E-state index is 0.663. The Hall–Kier alpha value is -0.110. The predicted molar refractivity (Wildman–Crippen MR) is 53.0 cm³/mol. The van der Waals surface area contributed by atoms with Crippen LogP contribution in [0.1, 0.15) is 26.7 Å². The van der Waals surface area contributed by atoms with Crippen LogP contribution in [0.5, 0.6) is 0 Å². The van der Waals surface area contributed by atoms with Crippen molar-refractivity contribution in [2.75, 3.05) is 12.9 Å². The molecule has 0 aromatic carbocycles. The Balaban J connectivity index is 3.35. The fourth-order valence-electron chi connectivity index (χ4n) is 0.850. The Morgan fingerprint density at radius 1 is 1.55 bits per heavy atom. The summed E-state index contributed by atoms with van der Waals surface area (Å²) in [5, 5.41) is 0.663. The van der Waals surface area contributed by atoms with Gasteiger partial charge in [-0.2, -0.15) is 11.8 Å². The van der Waals surface area contributed by atoms with Crippen LogP contribution in [-0.4, -0.2) is 18.1 Å². The Bertz CT molecular complexity index is 102. The van der Waals surface area contributed by atoms with E-state index in [4.69, 9.17) is 4.74 Å². The Labute approximate surface area is 74.2 Å². The first kappa shape index (κ1) is 10.9. The second-order valence-electron chi connectivity index (χ2n) is 2.45. The van der Waals surface area contributed by atoms with Crippen molar-refractivity contribution in [3.63, 3.8) is 0 Å². The van der Waals surface area contributed by atoms with E-state index in [-0.39, 0.29) is 0 Å². The second-order valence-corrected chi connectivity index (χ2v) is 3.59. The molecule has 0 amide bonds. The van der Waals surface area contributed by atoms with Crippen molar-refractivity contribution in [2.24, 2.45) is 0 Å². The number of ether oxygens (including phenoxy) is 1. The average molecular weight is 174 g/mol. The summed E-state index contributed by atoms with van der Waals surface area (Å²) in [6, 6.07) is 0. The van der Waals surface area contributed by atoms with Gasteiger partial charge in [0.15, 0.2) is 0 Å². The quantitative estimate of drug-likeness (QED) is 0.572. The molecule has 2 heteroatoms. The Morgan fingerprint density at radius 2 is 2.27 bits per heavy atom.